The van der Waals surface area contributed by atoms with E-state index in [-0.39, 0.29) is 12.5 Å². The highest BCUT2D eigenvalue weighted by Crippen LogP contribution is 2.22. The molecule has 286 valence electrons. The standard InChI is InChI=1S/C40H73NO8/c1-3-5-7-9-11-13-15-16-17-18-20-22-24-26-28-30-36(44)41-33(32-48-40-39(47)38(46)37(45)35(31-42)49-40)34(43)29-27-25-23-21-19-14-12-10-8-6-4-2/h8,10,19,21,27,29,33-35,37-40,42-43,45-47H,3-7,9,11-18,20,22-26,28,30-32H2,1-2H3,(H,41,44)/b10-8+,21-19+,29-27+. The van der Waals surface area contributed by atoms with E-state index in [1.165, 1.54) is 77.0 Å². The van der Waals surface area contributed by atoms with Crippen LogP contribution in [-0.2, 0) is 14.3 Å². The van der Waals surface area contributed by atoms with Crippen LogP contribution < -0.4 is 5.32 Å². The summed E-state index contributed by atoms with van der Waals surface area (Å²) in [6.07, 6.45) is 29.0. The van der Waals surface area contributed by atoms with Crippen LogP contribution in [0.1, 0.15) is 155 Å². The minimum atomic E-state index is -1.57. The van der Waals surface area contributed by atoms with E-state index in [1.54, 1.807) is 6.08 Å². The van der Waals surface area contributed by atoms with Gasteiger partial charge in [-0.3, -0.25) is 4.79 Å². The van der Waals surface area contributed by atoms with E-state index < -0.39 is 49.5 Å². The zero-order valence-electron chi connectivity index (χ0n) is 30.9. The molecule has 0 bridgehead atoms. The van der Waals surface area contributed by atoms with Crippen LogP contribution in [-0.4, -0.2) is 87.5 Å². The number of rotatable bonds is 31. The summed E-state index contributed by atoms with van der Waals surface area (Å²) in [5.74, 6) is -0.194. The number of hydrogen-bond acceptors (Lipinski definition) is 8. The fourth-order valence-electron chi connectivity index (χ4n) is 5.96. The average Bonchev–Trinajstić information content (AvgIpc) is 3.10. The van der Waals surface area contributed by atoms with Crippen LogP contribution in [0, 0.1) is 0 Å². The van der Waals surface area contributed by atoms with Crippen molar-refractivity contribution in [3.63, 3.8) is 0 Å². The maximum atomic E-state index is 12.9. The summed E-state index contributed by atoms with van der Waals surface area (Å²) < 4.78 is 11.1. The third-order valence-electron chi connectivity index (χ3n) is 9.18. The molecule has 1 aliphatic heterocycles. The number of hydrogen-bond donors (Lipinski definition) is 6. The van der Waals surface area contributed by atoms with E-state index >= 15 is 0 Å². The average molecular weight is 696 g/mol. The highest BCUT2D eigenvalue weighted by atomic mass is 16.7. The molecule has 49 heavy (non-hydrogen) atoms. The summed E-state index contributed by atoms with van der Waals surface area (Å²) in [5.41, 5.74) is 0. The molecule has 0 aromatic carbocycles. The Labute approximate surface area is 298 Å². The molecule has 0 aromatic heterocycles. The zero-order valence-corrected chi connectivity index (χ0v) is 30.9. The van der Waals surface area contributed by atoms with E-state index in [9.17, 15) is 30.3 Å². The van der Waals surface area contributed by atoms with Crippen molar-refractivity contribution in [2.45, 2.75) is 198 Å². The predicted molar refractivity (Wildman–Crippen MR) is 198 cm³/mol. The summed E-state index contributed by atoms with van der Waals surface area (Å²) in [6, 6.07) is -0.821. The molecule has 1 saturated heterocycles. The van der Waals surface area contributed by atoms with Gasteiger partial charge in [0, 0.05) is 6.42 Å². The van der Waals surface area contributed by atoms with Crippen molar-refractivity contribution < 1.29 is 39.8 Å². The molecule has 1 amide bonds. The lowest BCUT2D eigenvalue weighted by Gasteiger charge is -2.40. The Morgan fingerprint density at radius 2 is 1.16 bits per heavy atom. The molecule has 9 nitrogen and oxygen atoms in total. The van der Waals surface area contributed by atoms with Gasteiger partial charge in [-0.25, -0.2) is 0 Å². The first-order chi connectivity index (χ1) is 23.8. The molecule has 1 rings (SSSR count). The summed E-state index contributed by atoms with van der Waals surface area (Å²) in [7, 11) is 0. The molecule has 6 N–H and O–H groups in total. The van der Waals surface area contributed by atoms with Gasteiger partial charge in [-0.05, 0) is 38.5 Å². The molecule has 1 fully saturated rings. The number of carbonyl (C=O) groups is 1. The maximum absolute atomic E-state index is 12.9. The third kappa shape index (κ3) is 22.8. The summed E-state index contributed by atoms with van der Waals surface area (Å²) in [6.45, 7) is 3.65. The minimum absolute atomic E-state index is 0.194. The van der Waals surface area contributed by atoms with Crippen molar-refractivity contribution in [3.8, 4) is 0 Å². The Kier molecular flexibility index (Phi) is 28.9. The summed E-state index contributed by atoms with van der Waals surface area (Å²) in [5, 5.41) is 53.8. The van der Waals surface area contributed by atoms with Crippen LogP contribution in [0.3, 0.4) is 0 Å². The van der Waals surface area contributed by atoms with Gasteiger partial charge in [-0.1, -0.05) is 147 Å². The van der Waals surface area contributed by atoms with E-state index in [4.69, 9.17) is 9.47 Å². The third-order valence-corrected chi connectivity index (χ3v) is 9.18. The fourth-order valence-corrected chi connectivity index (χ4v) is 5.96. The normalized spacial score (nSPS) is 22.8. The van der Waals surface area contributed by atoms with Gasteiger partial charge in [-0.15, -0.1) is 0 Å². The molecular formula is C40H73NO8. The Hall–Kier alpha value is -1.59. The number of aliphatic hydroxyl groups excluding tert-OH is 5. The van der Waals surface area contributed by atoms with Crippen LogP contribution >= 0.6 is 0 Å². The highest BCUT2D eigenvalue weighted by molar-refractivity contribution is 5.76. The first kappa shape index (κ1) is 45.4. The number of carbonyl (C=O) groups excluding carboxylic acids is 1. The van der Waals surface area contributed by atoms with Gasteiger partial charge in [0.15, 0.2) is 6.29 Å². The van der Waals surface area contributed by atoms with Gasteiger partial charge in [0.1, 0.15) is 24.4 Å². The van der Waals surface area contributed by atoms with E-state index in [1.807, 2.05) is 6.08 Å². The zero-order chi connectivity index (χ0) is 36.0. The molecule has 9 heteroatoms. The van der Waals surface area contributed by atoms with E-state index in [0.717, 1.165) is 57.8 Å². The fraction of sp³-hybridized carbons (Fsp3) is 0.825. The van der Waals surface area contributed by atoms with Crippen molar-refractivity contribution in [2.75, 3.05) is 13.2 Å². The van der Waals surface area contributed by atoms with Crippen LogP contribution in [0.25, 0.3) is 0 Å². The van der Waals surface area contributed by atoms with Crippen molar-refractivity contribution in [2.24, 2.45) is 0 Å². The second kappa shape index (κ2) is 31.2. The lowest BCUT2D eigenvalue weighted by atomic mass is 9.99. The molecule has 0 spiro atoms. The van der Waals surface area contributed by atoms with Crippen LogP contribution in [0.15, 0.2) is 36.5 Å². The van der Waals surface area contributed by atoms with Crippen LogP contribution in [0.4, 0.5) is 0 Å². The van der Waals surface area contributed by atoms with Gasteiger partial charge < -0.3 is 40.3 Å². The number of aliphatic hydroxyl groups is 5. The summed E-state index contributed by atoms with van der Waals surface area (Å²) >= 11 is 0. The Balaban J connectivity index is 2.45. The molecule has 0 aromatic rings. The lowest BCUT2D eigenvalue weighted by molar-refractivity contribution is -0.302. The van der Waals surface area contributed by atoms with Crippen molar-refractivity contribution in [3.05, 3.63) is 36.5 Å². The van der Waals surface area contributed by atoms with E-state index in [0.29, 0.717) is 6.42 Å². The van der Waals surface area contributed by atoms with Crippen molar-refractivity contribution in [1.82, 2.24) is 5.32 Å². The maximum Gasteiger partial charge on any atom is 0.220 e. The topological polar surface area (TPSA) is 149 Å². The number of ether oxygens (including phenoxy) is 2. The molecule has 0 radical (unpaired) electrons. The Morgan fingerprint density at radius 1 is 0.673 bits per heavy atom. The van der Waals surface area contributed by atoms with Gasteiger partial charge in [-0.2, -0.15) is 0 Å². The SMILES string of the molecule is CCC/C=C/CC/C=C/CC/C=C/C(O)C(COC1OC(CO)C(O)C(O)C1O)NC(=O)CCCCCCCCCCCCCCCCC. The molecule has 0 aliphatic carbocycles. The smallest absolute Gasteiger partial charge is 0.220 e. The lowest BCUT2D eigenvalue weighted by Crippen LogP contribution is -2.60. The second-order valence-corrected chi connectivity index (χ2v) is 13.7. The molecule has 1 heterocycles. The Morgan fingerprint density at radius 3 is 1.67 bits per heavy atom. The number of allylic oxidation sites excluding steroid dienone is 5. The van der Waals surface area contributed by atoms with Crippen LogP contribution in [0.5, 0.6) is 0 Å². The van der Waals surface area contributed by atoms with Crippen molar-refractivity contribution in [1.29, 1.82) is 0 Å². The first-order valence-corrected chi connectivity index (χ1v) is 19.7. The van der Waals surface area contributed by atoms with Gasteiger partial charge in [0.05, 0.1) is 25.4 Å². The quantitative estimate of drug-likeness (QED) is 0.0338. The van der Waals surface area contributed by atoms with E-state index in [2.05, 4.69) is 43.5 Å². The number of amides is 1. The van der Waals surface area contributed by atoms with Gasteiger partial charge in [0.25, 0.3) is 0 Å². The number of unbranched alkanes of at least 4 members (excludes halogenated alkanes) is 17. The predicted octanol–water partition coefficient (Wildman–Crippen LogP) is 6.94. The number of nitrogens with one attached hydrogen (secondary N) is 1. The van der Waals surface area contributed by atoms with Gasteiger partial charge >= 0.3 is 0 Å². The molecule has 7 unspecified atom stereocenters. The largest absolute Gasteiger partial charge is 0.394 e. The second-order valence-electron chi connectivity index (χ2n) is 13.7. The molecule has 0 saturated carbocycles. The molecular weight excluding hydrogens is 622 g/mol. The Bertz CT molecular complexity index is 863. The van der Waals surface area contributed by atoms with Gasteiger partial charge in [0.2, 0.25) is 5.91 Å². The first-order valence-electron chi connectivity index (χ1n) is 19.7. The molecule has 7 atom stereocenters. The van der Waals surface area contributed by atoms with Crippen molar-refractivity contribution >= 4 is 5.91 Å². The summed E-state index contributed by atoms with van der Waals surface area (Å²) in [4.78, 5) is 12.9. The highest BCUT2D eigenvalue weighted by Gasteiger charge is 2.44. The molecule has 1 aliphatic rings. The monoisotopic (exact) mass is 696 g/mol. The minimum Gasteiger partial charge on any atom is -0.394 e. The van der Waals surface area contributed by atoms with Crippen LogP contribution in [0.2, 0.25) is 0 Å².